The molecule has 3 N–H and O–H groups in total. The van der Waals surface area contributed by atoms with Crippen molar-refractivity contribution in [1.29, 1.82) is 0 Å². The lowest BCUT2D eigenvalue weighted by Crippen LogP contribution is -2.32. The molecule has 2 aliphatic carbocycles. The maximum atomic E-state index is 13.2. The summed E-state index contributed by atoms with van der Waals surface area (Å²) in [6.45, 7) is 2.93. The van der Waals surface area contributed by atoms with Gasteiger partial charge in [-0.2, -0.15) is 5.10 Å². The van der Waals surface area contributed by atoms with Crippen LogP contribution in [-0.4, -0.2) is 39.8 Å². The van der Waals surface area contributed by atoms with E-state index < -0.39 is 15.9 Å². The summed E-state index contributed by atoms with van der Waals surface area (Å²) in [5.41, 5.74) is 7.30. The number of carbonyl (C=O) groups excluding carboxylic acids is 1. The summed E-state index contributed by atoms with van der Waals surface area (Å²) < 4.78 is 29.5. The number of carbonyl (C=O) groups is 1. The van der Waals surface area contributed by atoms with Crippen LogP contribution < -0.4 is 15.2 Å². The Hall–Kier alpha value is -2.43. The Morgan fingerprint density at radius 2 is 1.90 bits per heavy atom. The van der Waals surface area contributed by atoms with E-state index in [1.54, 1.807) is 7.11 Å². The van der Waals surface area contributed by atoms with E-state index in [2.05, 4.69) is 21.7 Å². The first-order valence-electron chi connectivity index (χ1n) is 10.6. The molecule has 5 rings (SSSR count). The maximum Gasteiger partial charge on any atom is 0.354 e. The van der Waals surface area contributed by atoms with E-state index in [0.717, 1.165) is 44.2 Å². The number of benzene rings is 1. The topological polar surface area (TPSA) is 121 Å². The zero-order chi connectivity index (χ0) is 21.8. The molecular formula is C21H27N5O4S. The second kappa shape index (κ2) is 7.61. The molecular weight excluding hydrogens is 418 g/mol. The van der Waals surface area contributed by atoms with Gasteiger partial charge < -0.3 is 14.8 Å². The Morgan fingerprint density at radius 3 is 2.55 bits per heavy atom. The smallest absolute Gasteiger partial charge is 0.354 e. The zero-order valence-electron chi connectivity index (χ0n) is 17.8. The van der Waals surface area contributed by atoms with Crippen molar-refractivity contribution in [2.75, 3.05) is 19.0 Å². The normalized spacial score (nSPS) is 20.9. The number of amides is 2. The highest BCUT2D eigenvalue weighted by Gasteiger charge is 2.30. The minimum absolute atomic E-state index is 0.122. The van der Waals surface area contributed by atoms with Gasteiger partial charge in [0, 0.05) is 12.8 Å². The molecule has 1 aliphatic heterocycles. The first-order chi connectivity index (χ1) is 14.9. The number of rotatable bonds is 3. The Balaban J connectivity index is 1.47. The molecule has 166 valence electrons. The van der Waals surface area contributed by atoms with Gasteiger partial charge in [-0.1, -0.05) is 0 Å². The van der Waals surface area contributed by atoms with Crippen LogP contribution >= 0.6 is 0 Å². The van der Waals surface area contributed by atoms with E-state index in [1.165, 1.54) is 38.7 Å². The highest BCUT2D eigenvalue weighted by Crippen LogP contribution is 2.41. The van der Waals surface area contributed by atoms with Gasteiger partial charge in [0.25, 0.3) is 0 Å². The average Bonchev–Trinajstić information content (AvgIpc) is 3.49. The fourth-order valence-electron chi connectivity index (χ4n) is 5.08. The van der Waals surface area contributed by atoms with Crippen molar-refractivity contribution in [3.63, 3.8) is 0 Å². The van der Waals surface area contributed by atoms with Crippen LogP contribution in [0.4, 0.5) is 10.5 Å². The minimum atomic E-state index is -3.52. The molecule has 1 aromatic heterocycles. The first-order valence-corrected chi connectivity index (χ1v) is 12.2. The summed E-state index contributed by atoms with van der Waals surface area (Å²) in [5.74, 6) is 0.273. The lowest BCUT2D eigenvalue weighted by atomic mass is 9.93. The molecule has 2 heterocycles. The largest absolute Gasteiger partial charge is 0.474 e. The number of hydrogen-bond donors (Lipinski definition) is 2. The van der Waals surface area contributed by atoms with Crippen LogP contribution in [0.5, 0.6) is 5.88 Å². The highest BCUT2D eigenvalue weighted by atomic mass is 32.2. The molecule has 0 saturated heterocycles. The SMILES string of the molecule is COC1COc2c(S(N)(=O)=NC(=O)Nc3c4c(c(C)c5c3CCC5)CCC4)cnn2C1. The molecule has 0 bridgehead atoms. The fourth-order valence-corrected chi connectivity index (χ4v) is 6.08. The van der Waals surface area contributed by atoms with Gasteiger partial charge in [0.15, 0.2) is 9.92 Å². The molecule has 0 radical (unpaired) electrons. The Labute approximate surface area is 181 Å². The molecule has 0 saturated carbocycles. The number of ether oxygens (including phenoxy) is 2. The number of nitrogens with zero attached hydrogens (tertiary/aromatic N) is 3. The van der Waals surface area contributed by atoms with Gasteiger partial charge >= 0.3 is 6.03 Å². The van der Waals surface area contributed by atoms with Crippen LogP contribution in [0.15, 0.2) is 15.5 Å². The number of methoxy groups -OCH3 is 1. The van der Waals surface area contributed by atoms with Crippen molar-refractivity contribution >= 4 is 21.6 Å². The third-order valence-corrected chi connectivity index (χ3v) is 7.93. The van der Waals surface area contributed by atoms with Crippen LogP contribution in [0.1, 0.15) is 40.7 Å². The van der Waals surface area contributed by atoms with Crippen molar-refractivity contribution < 1.29 is 18.5 Å². The highest BCUT2D eigenvalue weighted by molar-refractivity contribution is 7.91. The van der Waals surface area contributed by atoms with Gasteiger partial charge in [-0.05, 0) is 73.3 Å². The predicted molar refractivity (Wildman–Crippen MR) is 116 cm³/mol. The van der Waals surface area contributed by atoms with Crippen LogP contribution in [-0.2, 0) is 46.9 Å². The Kier molecular flexibility index (Phi) is 5.03. The van der Waals surface area contributed by atoms with Gasteiger partial charge in [0.1, 0.15) is 17.6 Å². The van der Waals surface area contributed by atoms with Crippen LogP contribution in [0.25, 0.3) is 0 Å². The summed E-state index contributed by atoms with van der Waals surface area (Å²) in [5, 5.41) is 13.1. The lowest BCUT2D eigenvalue weighted by Gasteiger charge is -2.23. The third-order valence-electron chi connectivity index (χ3n) is 6.59. The van der Waals surface area contributed by atoms with Crippen molar-refractivity contribution in [1.82, 2.24) is 9.78 Å². The van der Waals surface area contributed by atoms with Gasteiger partial charge in [-0.15, -0.1) is 4.36 Å². The van der Waals surface area contributed by atoms with Crippen LogP contribution in [0.3, 0.4) is 0 Å². The first kappa shape index (κ1) is 20.5. The minimum Gasteiger partial charge on any atom is -0.474 e. The molecule has 0 spiro atoms. The van der Waals surface area contributed by atoms with Gasteiger partial charge in [-0.25, -0.2) is 18.8 Å². The van der Waals surface area contributed by atoms with Crippen molar-refractivity contribution in [2.45, 2.75) is 63.0 Å². The molecule has 3 aliphatic rings. The fraction of sp³-hybridized carbons (Fsp3) is 0.524. The summed E-state index contributed by atoms with van der Waals surface area (Å²) in [6, 6.07) is -0.704. The monoisotopic (exact) mass is 445 g/mol. The molecule has 9 nitrogen and oxygen atoms in total. The second-order valence-corrected chi connectivity index (χ2v) is 10.1. The van der Waals surface area contributed by atoms with E-state index in [0.29, 0.717) is 13.2 Å². The maximum absolute atomic E-state index is 13.2. The standard InChI is InChI=1S/C21H27N5O4S/c1-12-14-5-3-7-16(14)19(17-8-4-6-15(12)17)24-21(27)25-31(22,28)18-9-23-26-10-13(29-2)11-30-20(18)26/h9,13H,3-8,10-11H2,1-2H3,(H3,22,24,25,27,28). The van der Waals surface area contributed by atoms with Gasteiger partial charge in [-0.3, -0.25) is 0 Å². The van der Waals surface area contributed by atoms with E-state index in [-0.39, 0.29) is 16.9 Å². The van der Waals surface area contributed by atoms with E-state index in [4.69, 9.17) is 14.6 Å². The number of aromatic nitrogens is 2. The average molecular weight is 446 g/mol. The number of urea groups is 1. The molecule has 1 aromatic carbocycles. The Bertz CT molecular complexity index is 1160. The van der Waals surface area contributed by atoms with Crippen molar-refractivity contribution in [3.05, 3.63) is 34.0 Å². The van der Waals surface area contributed by atoms with Crippen molar-refractivity contribution in [2.24, 2.45) is 9.50 Å². The van der Waals surface area contributed by atoms with Crippen molar-refractivity contribution in [3.8, 4) is 5.88 Å². The number of hydrogen-bond acceptors (Lipinski definition) is 5. The molecule has 2 unspecified atom stereocenters. The van der Waals surface area contributed by atoms with E-state index in [9.17, 15) is 9.00 Å². The molecule has 2 amide bonds. The number of fused-ring (bicyclic) bond motifs is 3. The predicted octanol–water partition coefficient (Wildman–Crippen LogP) is 2.51. The molecule has 10 heteroatoms. The zero-order valence-corrected chi connectivity index (χ0v) is 18.6. The molecule has 31 heavy (non-hydrogen) atoms. The van der Waals surface area contributed by atoms with Crippen LogP contribution in [0.2, 0.25) is 0 Å². The lowest BCUT2D eigenvalue weighted by molar-refractivity contribution is 0.0165. The summed E-state index contributed by atoms with van der Waals surface area (Å²) >= 11 is 0. The summed E-state index contributed by atoms with van der Waals surface area (Å²) in [4.78, 5) is 13.0. The number of nitrogens with two attached hydrogens (primary N) is 1. The quantitative estimate of drug-likeness (QED) is 0.752. The molecule has 2 atom stereocenters. The van der Waals surface area contributed by atoms with Gasteiger partial charge in [0.05, 0.1) is 12.7 Å². The second-order valence-electron chi connectivity index (χ2n) is 8.38. The number of anilines is 1. The Morgan fingerprint density at radius 1 is 1.26 bits per heavy atom. The molecule has 0 fully saturated rings. The van der Waals surface area contributed by atoms with E-state index >= 15 is 0 Å². The summed E-state index contributed by atoms with van der Waals surface area (Å²) in [6.07, 6.45) is 7.29. The third kappa shape index (κ3) is 3.42. The van der Waals surface area contributed by atoms with E-state index in [1.807, 2.05) is 0 Å². The van der Waals surface area contributed by atoms with Gasteiger partial charge in [0.2, 0.25) is 5.88 Å². The molecule has 2 aromatic rings. The summed E-state index contributed by atoms with van der Waals surface area (Å²) in [7, 11) is -1.93. The van der Waals surface area contributed by atoms with Crippen LogP contribution in [0, 0.1) is 6.92 Å². The number of nitrogens with one attached hydrogen (secondary N) is 1.